The maximum absolute atomic E-state index is 12.5. The van der Waals surface area contributed by atoms with E-state index in [2.05, 4.69) is 15.2 Å². The first-order valence-electron chi connectivity index (χ1n) is 10.4. The molecule has 0 spiro atoms. The van der Waals surface area contributed by atoms with Crippen LogP contribution in [0, 0.1) is 0 Å². The molecule has 166 valence electrons. The molecule has 9 heteroatoms. The SMILES string of the molecule is CNCc1cc2nc(-c3cc(C(C)(C)S(C)(=O)=O)cc(N4CCOCC4)n3)ccc2[nH]1. The zero-order chi connectivity index (χ0) is 22.2. The largest absolute Gasteiger partial charge is 0.378 e. The lowest BCUT2D eigenvalue weighted by atomic mass is 10.0. The van der Waals surface area contributed by atoms with E-state index in [-0.39, 0.29) is 0 Å². The number of ether oxygens (including phenoxy) is 1. The molecular weight excluding hydrogens is 414 g/mol. The molecule has 8 nitrogen and oxygen atoms in total. The quantitative estimate of drug-likeness (QED) is 0.604. The predicted octanol–water partition coefficient (Wildman–Crippen LogP) is 2.46. The second-order valence-corrected chi connectivity index (χ2v) is 11.0. The van der Waals surface area contributed by atoms with Gasteiger partial charge >= 0.3 is 0 Å². The third-order valence-electron chi connectivity index (χ3n) is 5.93. The van der Waals surface area contributed by atoms with E-state index in [4.69, 9.17) is 14.7 Å². The summed E-state index contributed by atoms with van der Waals surface area (Å²) in [4.78, 5) is 15.1. The van der Waals surface area contributed by atoms with Crippen LogP contribution in [0.1, 0.15) is 25.1 Å². The van der Waals surface area contributed by atoms with Crippen LogP contribution in [-0.4, -0.2) is 63.0 Å². The summed E-state index contributed by atoms with van der Waals surface area (Å²) >= 11 is 0. The summed E-state index contributed by atoms with van der Waals surface area (Å²) in [6, 6.07) is 9.66. The molecule has 0 amide bonds. The first kappa shape index (κ1) is 21.7. The molecule has 0 aromatic carbocycles. The Morgan fingerprint density at radius 2 is 1.87 bits per heavy atom. The number of hydrogen-bond donors (Lipinski definition) is 2. The van der Waals surface area contributed by atoms with E-state index in [1.54, 1.807) is 13.8 Å². The zero-order valence-electron chi connectivity index (χ0n) is 18.4. The van der Waals surface area contributed by atoms with Crippen molar-refractivity contribution in [2.45, 2.75) is 25.1 Å². The van der Waals surface area contributed by atoms with Crippen LogP contribution >= 0.6 is 0 Å². The highest BCUT2D eigenvalue weighted by Crippen LogP contribution is 2.34. The maximum atomic E-state index is 12.5. The van der Waals surface area contributed by atoms with Crippen LogP contribution in [-0.2, 0) is 25.9 Å². The molecule has 0 saturated carbocycles. The molecular formula is C22H29N5O3S. The van der Waals surface area contributed by atoms with E-state index in [0.29, 0.717) is 43.3 Å². The molecule has 0 aliphatic carbocycles. The van der Waals surface area contributed by atoms with Crippen LogP contribution in [0.5, 0.6) is 0 Å². The zero-order valence-corrected chi connectivity index (χ0v) is 19.2. The Hall–Kier alpha value is -2.49. The van der Waals surface area contributed by atoms with Crippen LogP contribution in [0.25, 0.3) is 22.4 Å². The monoisotopic (exact) mass is 443 g/mol. The average molecular weight is 444 g/mol. The Bertz CT molecular complexity index is 1200. The van der Waals surface area contributed by atoms with E-state index in [1.165, 1.54) is 6.26 Å². The van der Waals surface area contributed by atoms with Crippen LogP contribution in [0.15, 0.2) is 30.3 Å². The highest BCUT2D eigenvalue weighted by molar-refractivity contribution is 7.91. The minimum absolute atomic E-state index is 0.624. The van der Waals surface area contributed by atoms with E-state index in [9.17, 15) is 8.42 Å². The summed E-state index contributed by atoms with van der Waals surface area (Å²) in [5.74, 6) is 0.749. The van der Waals surface area contributed by atoms with Crippen molar-refractivity contribution in [2.24, 2.45) is 0 Å². The summed E-state index contributed by atoms with van der Waals surface area (Å²) in [7, 11) is -1.44. The van der Waals surface area contributed by atoms with Gasteiger partial charge in [-0.25, -0.2) is 18.4 Å². The minimum Gasteiger partial charge on any atom is -0.378 e. The molecule has 0 unspecified atom stereocenters. The predicted molar refractivity (Wildman–Crippen MR) is 123 cm³/mol. The van der Waals surface area contributed by atoms with Crippen molar-refractivity contribution in [2.75, 3.05) is 44.5 Å². The van der Waals surface area contributed by atoms with Gasteiger partial charge in [0.1, 0.15) is 5.82 Å². The molecule has 0 radical (unpaired) electrons. The van der Waals surface area contributed by atoms with Gasteiger partial charge in [0.2, 0.25) is 0 Å². The molecule has 1 aliphatic rings. The molecule has 1 saturated heterocycles. The second-order valence-electron chi connectivity index (χ2n) is 8.44. The molecule has 31 heavy (non-hydrogen) atoms. The highest BCUT2D eigenvalue weighted by Gasteiger charge is 2.34. The third-order valence-corrected chi connectivity index (χ3v) is 8.02. The number of pyridine rings is 2. The Labute approximate surface area is 183 Å². The Balaban J connectivity index is 1.84. The number of sulfone groups is 1. The molecule has 3 aromatic heterocycles. The van der Waals surface area contributed by atoms with Crippen LogP contribution in [0.4, 0.5) is 5.82 Å². The fourth-order valence-electron chi connectivity index (χ4n) is 3.66. The smallest absolute Gasteiger partial charge is 0.156 e. The lowest BCUT2D eigenvalue weighted by molar-refractivity contribution is 0.122. The lowest BCUT2D eigenvalue weighted by Gasteiger charge is -2.30. The second kappa shape index (κ2) is 8.22. The Morgan fingerprint density at radius 1 is 1.13 bits per heavy atom. The van der Waals surface area contributed by atoms with E-state index in [1.807, 2.05) is 37.4 Å². The Kier molecular flexibility index (Phi) is 5.76. The number of aromatic amines is 1. The van der Waals surface area contributed by atoms with Gasteiger partial charge in [-0.2, -0.15) is 0 Å². The third kappa shape index (κ3) is 4.30. The number of morpholine rings is 1. The van der Waals surface area contributed by atoms with Gasteiger partial charge in [-0.05, 0) is 56.8 Å². The molecule has 4 heterocycles. The topological polar surface area (TPSA) is 100 Å². The number of rotatable bonds is 6. The van der Waals surface area contributed by atoms with Gasteiger partial charge in [-0.15, -0.1) is 0 Å². The van der Waals surface area contributed by atoms with Crippen molar-refractivity contribution >= 4 is 26.7 Å². The van der Waals surface area contributed by atoms with E-state index >= 15 is 0 Å². The number of anilines is 1. The minimum atomic E-state index is -3.34. The fourth-order valence-corrected chi connectivity index (χ4v) is 4.20. The van der Waals surface area contributed by atoms with Gasteiger partial charge in [-0.3, -0.25) is 0 Å². The van der Waals surface area contributed by atoms with Gasteiger partial charge in [0.05, 0.1) is 40.4 Å². The number of hydrogen-bond acceptors (Lipinski definition) is 7. The Morgan fingerprint density at radius 3 is 2.55 bits per heavy atom. The molecule has 1 fully saturated rings. The molecule has 4 rings (SSSR count). The van der Waals surface area contributed by atoms with Gasteiger partial charge in [-0.1, -0.05) is 0 Å². The standard InChI is InChI=1S/C22H29N5O3S/c1-22(2,31(4,28)29)15-11-19(26-21(12-15)27-7-9-30-10-8-27)18-6-5-17-20(25-18)13-16(24-17)14-23-3/h5-6,11-13,23-24H,7-10,14H2,1-4H3. The van der Waals surface area contributed by atoms with Crippen LogP contribution < -0.4 is 10.2 Å². The van der Waals surface area contributed by atoms with Crippen molar-refractivity contribution in [3.8, 4) is 11.4 Å². The van der Waals surface area contributed by atoms with Gasteiger partial charge in [0.25, 0.3) is 0 Å². The van der Waals surface area contributed by atoms with Crippen molar-refractivity contribution < 1.29 is 13.2 Å². The van der Waals surface area contributed by atoms with Crippen LogP contribution in [0.3, 0.4) is 0 Å². The first-order valence-corrected chi connectivity index (χ1v) is 12.3. The van der Waals surface area contributed by atoms with Gasteiger partial charge in [0.15, 0.2) is 9.84 Å². The van der Waals surface area contributed by atoms with Crippen LogP contribution in [0.2, 0.25) is 0 Å². The number of aromatic nitrogens is 3. The summed E-state index contributed by atoms with van der Waals surface area (Å²) in [6.45, 7) is 6.87. The number of nitrogens with zero attached hydrogens (tertiary/aromatic N) is 3. The first-order chi connectivity index (χ1) is 14.7. The normalized spacial score (nSPS) is 15.5. The van der Waals surface area contributed by atoms with E-state index < -0.39 is 14.6 Å². The number of H-pyrrole nitrogens is 1. The van der Waals surface area contributed by atoms with Crippen molar-refractivity contribution in [3.05, 3.63) is 41.6 Å². The van der Waals surface area contributed by atoms with Crippen molar-refractivity contribution in [3.63, 3.8) is 0 Å². The summed E-state index contributed by atoms with van der Waals surface area (Å²) in [5.41, 5.74) is 4.93. The molecule has 1 aliphatic heterocycles. The number of fused-ring (bicyclic) bond motifs is 1. The average Bonchev–Trinajstić information content (AvgIpc) is 3.15. The van der Waals surface area contributed by atoms with Crippen molar-refractivity contribution in [1.82, 2.24) is 20.3 Å². The molecule has 0 atom stereocenters. The van der Waals surface area contributed by atoms with E-state index in [0.717, 1.165) is 29.1 Å². The lowest BCUT2D eigenvalue weighted by Crippen LogP contribution is -2.37. The maximum Gasteiger partial charge on any atom is 0.156 e. The molecule has 0 bridgehead atoms. The molecule has 3 aromatic rings. The van der Waals surface area contributed by atoms with Gasteiger partial charge < -0.3 is 19.9 Å². The fraction of sp³-hybridized carbons (Fsp3) is 0.455. The summed E-state index contributed by atoms with van der Waals surface area (Å²) < 4.78 is 29.5. The molecule has 2 N–H and O–H groups in total. The summed E-state index contributed by atoms with van der Waals surface area (Å²) in [5, 5.41) is 3.13. The number of nitrogens with one attached hydrogen (secondary N) is 2. The summed E-state index contributed by atoms with van der Waals surface area (Å²) in [6.07, 6.45) is 1.27. The van der Waals surface area contributed by atoms with Crippen molar-refractivity contribution in [1.29, 1.82) is 0 Å². The highest BCUT2D eigenvalue weighted by atomic mass is 32.2. The van der Waals surface area contributed by atoms with Gasteiger partial charge in [0, 0.05) is 31.6 Å².